The predicted octanol–water partition coefficient (Wildman–Crippen LogP) is 2.61. The Bertz CT molecular complexity index is 503. The van der Waals surface area contributed by atoms with Gasteiger partial charge in [0.25, 0.3) is 0 Å². The molecular formula is C15H20F2N2O. The maximum atomic E-state index is 13.7. The van der Waals surface area contributed by atoms with E-state index in [1.807, 2.05) is 0 Å². The number of amides is 1. The highest BCUT2D eigenvalue weighted by Gasteiger charge is 2.31. The molecule has 1 aliphatic rings. The van der Waals surface area contributed by atoms with E-state index in [2.05, 4.69) is 0 Å². The van der Waals surface area contributed by atoms with Crippen LogP contribution in [0.2, 0.25) is 0 Å². The summed E-state index contributed by atoms with van der Waals surface area (Å²) in [7, 11) is 1.59. The smallest absolute Gasteiger partial charge is 0.224 e. The molecular weight excluding hydrogens is 262 g/mol. The fraction of sp³-hybridized carbons (Fsp3) is 0.533. The Morgan fingerprint density at radius 1 is 1.45 bits per heavy atom. The molecule has 1 aromatic rings. The van der Waals surface area contributed by atoms with Crippen molar-refractivity contribution in [3.63, 3.8) is 0 Å². The van der Waals surface area contributed by atoms with Crippen LogP contribution in [0.5, 0.6) is 0 Å². The van der Waals surface area contributed by atoms with Gasteiger partial charge < -0.3 is 10.6 Å². The Balaban J connectivity index is 2.04. The molecule has 0 heterocycles. The molecule has 2 N–H and O–H groups in total. The van der Waals surface area contributed by atoms with E-state index in [1.54, 1.807) is 14.0 Å². The number of nitrogens with two attached hydrogens (primary N) is 1. The van der Waals surface area contributed by atoms with Gasteiger partial charge in [0.05, 0.1) is 6.04 Å². The van der Waals surface area contributed by atoms with E-state index in [9.17, 15) is 13.6 Å². The number of rotatable bonds is 5. The van der Waals surface area contributed by atoms with Crippen LogP contribution in [-0.2, 0) is 4.79 Å². The topological polar surface area (TPSA) is 46.3 Å². The van der Waals surface area contributed by atoms with Crippen molar-refractivity contribution in [3.05, 3.63) is 35.4 Å². The van der Waals surface area contributed by atoms with Gasteiger partial charge >= 0.3 is 0 Å². The van der Waals surface area contributed by atoms with E-state index in [1.165, 1.54) is 4.90 Å². The molecule has 5 heteroatoms. The number of hydrogen-bond donors (Lipinski definition) is 1. The van der Waals surface area contributed by atoms with Crippen LogP contribution in [0.3, 0.4) is 0 Å². The number of halogens is 2. The highest BCUT2D eigenvalue weighted by Crippen LogP contribution is 2.33. The first-order chi connectivity index (χ1) is 9.40. The van der Waals surface area contributed by atoms with Gasteiger partial charge in [-0.05, 0) is 43.9 Å². The summed E-state index contributed by atoms with van der Waals surface area (Å²) in [5, 5.41) is 0. The van der Waals surface area contributed by atoms with E-state index >= 15 is 0 Å². The van der Waals surface area contributed by atoms with Crippen molar-refractivity contribution in [2.75, 3.05) is 7.05 Å². The van der Waals surface area contributed by atoms with Crippen molar-refractivity contribution in [3.8, 4) is 0 Å². The molecule has 3 nitrogen and oxygen atoms in total. The highest BCUT2D eigenvalue weighted by molar-refractivity contribution is 5.77. The predicted molar refractivity (Wildman–Crippen MR) is 72.9 cm³/mol. The quantitative estimate of drug-likeness (QED) is 0.902. The molecule has 0 bridgehead atoms. The standard InChI is InChI=1S/C15H20F2N2O/c1-9(12-7-11(16)5-6-13(12)17)19(2)15(20)8-14(18)10-3-4-10/h5-7,9-10,14H,3-4,8,18H2,1-2H3. The summed E-state index contributed by atoms with van der Waals surface area (Å²) in [6.07, 6.45) is 2.40. The minimum Gasteiger partial charge on any atom is -0.339 e. The molecule has 1 aromatic carbocycles. The Morgan fingerprint density at radius 3 is 2.70 bits per heavy atom. The summed E-state index contributed by atoms with van der Waals surface area (Å²) in [5.74, 6) is -0.719. The number of nitrogens with zero attached hydrogens (tertiary/aromatic N) is 1. The van der Waals surface area contributed by atoms with Gasteiger partial charge in [-0.15, -0.1) is 0 Å². The van der Waals surface area contributed by atoms with Gasteiger partial charge in [0, 0.05) is 25.1 Å². The maximum absolute atomic E-state index is 13.7. The van der Waals surface area contributed by atoms with Gasteiger partial charge in [-0.3, -0.25) is 4.79 Å². The molecule has 0 spiro atoms. The first kappa shape index (κ1) is 14.9. The van der Waals surface area contributed by atoms with Gasteiger partial charge in [-0.1, -0.05) is 0 Å². The zero-order valence-corrected chi connectivity index (χ0v) is 11.8. The molecule has 20 heavy (non-hydrogen) atoms. The monoisotopic (exact) mass is 282 g/mol. The summed E-state index contributed by atoms with van der Waals surface area (Å²) in [6.45, 7) is 1.68. The van der Waals surface area contributed by atoms with Gasteiger partial charge in [0.1, 0.15) is 11.6 Å². The van der Waals surface area contributed by atoms with Crippen molar-refractivity contribution in [1.29, 1.82) is 0 Å². The van der Waals surface area contributed by atoms with Gasteiger partial charge in [0.15, 0.2) is 0 Å². The zero-order chi connectivity index (χ0) is 14.9. The fourth-order valence-corrected chi connectivity index (χ4v) is 2.30. The lowest BCUT2D eigenvalue weighted by Crippen LogP contribution is -2.36. The van der Waals surface area contributed by atoms with Crippen molar-refractivity contribution in [1.82, 2.24) is 4.90 Å². The van der Waals surface area contributed by atoms with Crippen molar-refractivity contribution < 1.29 is 13.6 Å². The SMILES string of the molecule is CC(c1cc(F)ccc1F)N(C)C(=O)CC(N)C1CC1. The van der Waals surface area contributed by atoms with Crippen LogP contribution in [0.15, 0.2) is 18.2 Å². The van der Waals surface area contributed by atoms with Crippen LogP contribution in [-0.4, -0.2) is 23.9 Å². The molecule has 2 atom stereocenters. The minimum absolute atomic E-state index is 0.130. The third kappa shape index (κ3) is 3.33. The van der Waals surface area contributed by atoms with E-state index in [-0.39, 0.29) is 23.9 Å². The lowest BCUT2D eigenvalue weighted by Gasteiger charge is -2.27. The van der Waals surface area contributed by atoms with Crippen molar-refractivity contribution >= 4 is 5.91 Å². The third-order valence-electron chi connectivity index (χ3n) is 4.02. The molecule has 0 aliphatic heterocycles. The molecule has 1 amide bonds. The Kier molecular flexibility index (Phi) is 4.38. The fourth-order valence-electron chi connectivity index (χ4n) is 2.30. The van der Waals surface area contributed by atoms with Gasteiger partial charge in [0.2, 0.25) is 5.91 Å². The lowest BCUT2D eigenvalue weighted by molar-refractivity contribution is -0.132. The van der Waals surface area contributed by atoms with E-state index < -0.39 is 17.7 Å². The average molecular weight is 282 g/mol. The van der Waals surface area contributed by atoms with E-state index in [0.29, 0.717) is 5.92 Å². The van der Waals surface area contributed by atoms with Crippen LogP contribution in [0.4, 0.5) is 8.78 Å². The normalized spacial score (nSPS) is 17.6. The van der Waals surface area contributed by atoms with Crippen LogP contribution in [0.1, 0.15) is 37.8 Å². The molecule has 0 saturated heterocycles. The molecule has 0 radical (unpaired) electrons. The van der Waals surface area contributed by atoms with Gasteiger partial charge in [-0.2, -0.15) is 0 Å². The molecule has 1 saturated carbocycles. The molecule has 0 aromatic heterocycles. The summed E-state index contributed by atoms with van der Waals surface area (Å²) >= 11 is 0. The van der Waals surface area contributed by atoms with E-state index in [4.69, 9.17) is 5.73 Å². The van der Waals surface area contributed by atoms with Crippen LogP contribution in [0, 0.1) is 17.6 Å². The number of carbonyl (C=O) groups excluding carboxylic acids is 1. The zero-order valence-electron chi connectivity index (χ0n) is 11.8. The Morgan fingerprint density at radius 2 is 2.10 bits per heavy atom. The Hall–Kier alpha value is -1.49. The highest BCUT2D eigenvalue weighted by atomic mass is 19.1. The summed E-state index contributed by atoms with van der Waals surface area (Å²) in [4.78, 5) is 13.6. The maximum Gasteiger partial charge on any atom is 0.224 e. The second kappa shape index (κ2) is 5.87. The number of benzene rings is 1. The first-order valence-electron chi connectivity index (χ1n) is 6.86. The largest absolute Gasteiger partial charge is 0.339 e. The second-order valence-corrected chi connectivity index (χ2v) is 5.55. The van der Waals surface area contributed by atoms with E-state index in [0.717, 1.165) is 31.0 Å². The molecule has 2 rings (SSSR count). The third-order valence-corrected chi connectivity index (χ3v) is 4.02. The van der Waals surface area contributed by atoms with Crippen molar-refractivity contribution in [2.45, 2.75) is 38.3 Å². The number of carbonyl (C=O) groups is 1. The summed E-state index contributed by atoms with van der Waals surface area (Å²) in [6, 6.07) is 2.62. The first-order valence-corrected chi connectivity index (χ1v) is 6.86. The molecule has 110 valence electrons. The van der Waals surface area contributed by atoms with Crippen LogP contribution in [0.25, 0.3) is 0 Å². The minimum atomic E-state index is -0.524. The lowest BCUT2D eigenvalue weighted by atomic mass is 10.0. The van der Waals surface area contributed by atoms with Gasteiger partial charge in [-0.25, -0.2) is 8.78 Å². The molecule has 1 aliphatic carbocycles. The average Bonchev–Trinajstić information content (AvgIpc) is 3.24. The van der Waals surface area contributed by atoms with Crippen molar-refractivity contribution in [2.24, 2.45) is 11.7 Å². The molecule has 1 fully saturated rings. The summed E-state index contributed by atoms with van der Waals surface area (Å²) in [5.41, 5.74) is 6.11. The summed E-state index contributed by atoms with van der Waals surface area (Å²) < 4.78 is 26.9. The van der Waals surface area contributed by atoms with Crippen LogP contribution < -0.4 is 5.73 Å². The number of hydrogen-bond acceptors (Lipinski definition) is 2. The Labute approximate surface area is 117 Å². The van der Waals surface area contributed by atoms with Crippen LogP contribution >= 0.6 is 0 Å². The second-order valence-electron chi connectivity index (χ2n) is 5.55. The molecule has 2 unspecified atom stereocenters.